The fourth-order valence-corrected chi connectivity index (χ4v) is 2.15. The molecule has 0 aliphatic rings. The van der Waals surface area contributed by atoms with Gasteiger partial charge in [-0.15, -0.1) is 0 Å². The number of hydrogen-bond donors (Lipinski definition) is 1. The summed E-state index contributed by atoms with van der Waals surface area (Å²) < 4.78 is 1.71. The molecule has 1 rings (SSSR count). The van der Waals surface area contributed by atoms with E-state index in [9.17, 15) is 5.11 Å². The van der Waals surface area contributed by atoms with Crippen molar-refractivity contribution in [3.05, 3.63) is 18.0 Å². The Labute approximate surface area is 89.5 Å². The van der Waals surface area contributed by atoms with Gasteiger partial charge in [-0.3, -0.25) is 4.68 Å². The fraction of sp³-hybridized carbons (Fsp3) is 0.700. The van der Waals surface area contributed by atoms with E-state index in [-0.39, 0.29) is 6.10 Å². The molecule has 0 spiro atoms. The van der Waals surface area contributed by atoms with Gasteiger partial charge in [0, 0.05) is 24.6 Å². The van der Waals surface area contributed by atoms with E-state index < -0.39 is 0 Å². The van der Waals surface area contributed by atoms with Crippen molar-refractivity contribution in [1.29, 1.82) is 0 Å². The van der Waals surface area contributed by atoms with Crippen molar-refractivity contribution in [2.24, 2.45) is 13.0 Å². The van der Waals surface area contributed by atoms with Gasteiger partial charge in [-0.05, 0) is 11.7 Å². The summed E-state index contributed by atoms with van der Waals surface area (Å²) >= 11 is 1.79. The number of thioether (sulfide) groups is 1. The van der Waals surface area contributed by atoms with Crippen LogP contribution in [-0.4, -0.2) is 26.4 Å². The van der Waals surface area contributed by atoms with Crippen molar-refractivity contribution in [1.82, 2.24) is 9.78 Å². The smallest absolute Gasteiger partial charge is 0.0910 e. The third-order valence-corrected chi connectivity index (χ3v) is 3.29. The van der Waals surface area contributed by atoms with Gasteiger partial charge in [0.25, 0.3) is 0 Å². The van der Waals surface area contributed by atoms with E-state index in [1.807, 2.05) is 13.2 Å². The van der Waals surface area contributed by atoms with E-state index in [1.165, 1.54) is 0 Å². The molecule has 0 aromatic carbocycles. The van der Waals surface area contributed by atoms with Crippen LogP contribution in [0.4, 0.5) is 0 Å². The maximum atomic E-state index is 9.77. The summed E-state index contributed by atoms with van der Waals surface area (Å²) in [5.74, 6) is 2.53. The van der Waals surface area contributed by atoms with Gasteiger partial charge in [0.1, 0.15) is 0 Å². The lowest BCUT2D eigenvalue weighted by Crippen LogP contribution is -2.02. The molecule has 80 valence electrons. The lowest BCUT2D eigenvalue weighted by atomic mass is 10.2. The molecule has 4 heteroatoms. The Bertz CT molecular complexity index is 273. The molecule has 1 heterocycles. The van der Waals surface area contributed by atoms with Gasteiger partial charge in [-0.1, -0.05) is 13.8 Å². The maximum absolute atomic E-state index is 9.77. The standard InChI is InChI=1S/C10H18N2OS/c1-8(2)6-14-7-10(13)9-4-11-12(3)5-9/h4-5,8,10,13H,6-7H2,1-3H3. The quantitative estimate of drug-likeness (QED) is 0.813. The highest BCUT2D eigenvalue weighted by atomic mass is 32.2. The molecule has 0 amide bonds. The van der Waals surface area contributed by atoms with Crippen LogP contribution in [-0.2, 0) is 7.05 Å². The summed E-state index contributed by atoms with van der Waals surface area (Å²) in [6, 6.07) is 0. The largest absolute Gasteiger partial charge is 0.387 e. The first-order valence-corrected chi connectivity index (χ1v) is 5.99. The minimum atomic E-state index is -0.382. The summed E-state index contributed by atoms with van der Waals surface area (Å²) in [6.07, 6.45) is 3.20. The topological polar surface area (TPSA) is 38.1 Å². The van der Waals surface area contributed by atoms with Crippen molar-refractivity contribution < 1.29 is 5.11 Å². The van der Waals surface area contributed by atoms with Crippen LogP contribution >= 0.6 is 11.8 Å². The lowest BCUT2D eigenvalue weighted by molar-refractivity contribution is 0.204. The Kier molecular flexibility index (Phi) is 4.48. The molecule has 1 N–H and O–H groups in total. The van der Waals surface area contributed by atoms with Crippen LogP contribution in [0.25, 0.3) is 0 Å². The Hall–Kier alpha value is -0.480. The predicted octanol–water partition coefficient (Wildman–Crippen LogP) is 1.84. The van der Waals surface area contributed by atoms with Gasteiger partial charge in [-0.2, -0.15) is 16.9 Å². The van der Waals surface area contributed by atoms with Gasteiger partial charge >= 0.3 is 0 Å². The zero-order valence-corrected chi connectivity index (χ0v) is 9.79. The third-order valence-electron chi connectivity index (χ3n) is 1.84. The molecular weight excluding hydrogens is 196 g/mol. The lowest BCUT2D eigenvalue weighted by Gasteiger charge is -2.09. The van der Waals surface area contributed by atoms with Gasteiger partial charge in [0.2, 0.25) is 0 Å². The fourth-order valence-electron chi connectivity index (χ4n) is 1.12. The normalized spacial score (nSPS) is 13.5. The summed E-state index contributed by atoms with van der Waals surface area (Å²) in [5, 5.41) is 13.8. The molecule has 0 saturated heterocycles. The maximum Gasteiger partial charge on any atom is 0.0910 e. The predicted molar refractivity (Wildman–Crippen MR) is 60.3 cm³/mol. The summed E-state index contributed by atoms with van der Waals surface area (Å²) in [6.45, 7) is 4.37. The second-order valence-corrected chi connectivity index (χ2v) is 4.97. The highest BCUT2D eigenvalue weighted by molar-refractivity contribution is 7.99. The first-order valence-electron chi connectivity index (χ1n) is 4.84. The van der Waals surface area contributed by atoms with E-state index in [0.29, 0.717) is 5.92 Å². The van der Waals surface area contributed by atoms with Gasteiger partial charge in [-0.25, -0.2) is 0 Å². The third kappa shape index (κ3) is 3.72. The van der Waals surface area contributed by atoms with Crippen LogP contribution in [0.1, 0.15) is 25.5 Å². The van der Waals surface area contributed by atoms with Crippen molar-refractivity contribution >= 4 is 11.8 Å². The van der Waals surface area contributed by atoms with Crippen LogP contribution < -0.4 is 0 Å². The van der Waals surface area contributed by atoms with Crippen molar-refractivity contribution in [2.45, 2.75) is 20.0 Å². The first-order chi connectivity index (χ1) is 6.59. The molecule has 1 aromatic rings. The molecule has 0 aliphatic heterocycles. The minimum absolute atomic E-state index is 0.382. The Balaban J connectivity index is 2.32. The molecule has 1 aromatic heterocycles. The summed E-state index contributed by atoms with van der Waals surface area (Å²) in [7, 11) is 1.86. The molecule has 0 saturated carbocycles. The number of aliphatic hydroxyl groups excluding tert-OH is 1. The van der Waals surface area contributed by atoms with Crippen LogP contribution in [0.5, 0.6) is 0 Å². The van der Waals surface area contributed by atoms with Crippen molar-refractivity contribution in [3.8, 4) is 0 Å². The van der Waals surface area contributed by atoms with E-state index >= 15 is 0 Å². The summed E-state index contributed by atoms with van der Waals surface area (Å²) in [5.41, 5.74) is 0.906. The molecule has 3 nitrogen and oxygen atoms in total. The number of aliphatic hydroxyl groups is 1. The molecule has 0 aliphatic carbocycles. The van der Waals surface area contributed by atoms with Crippen LogP contribution in [0.2, 0.25) is 0 Å². The zero-order chi connectivity index (χ0) is 10.6. The Morgan fingerprint density at radius 1 is 1.50 bits per heavy atom. The van der Waals surface area contributed by atoms with Crippen LogP contribution in [0.15, 0.2) is 12.4 Å². The molecule has 1 atom stereocenters. The molecule has 0 bridgehead atoms. The average Bonchev–Trinajstić information content (AvgIpc) is 2.51. The number of nitrogens with zero attached hydrogens (tertiary/aromatic N) is 2. The number of aryl methyl sites for hydroxylation is 1. The molecular formula is C10H18N2OS. The molecule has 1 unspecified atom stereocenters. The Morgan fingerprint density at radius 3 is 2.71 bits per heavy atom. The number of aromatic nitrogens is 2. The van der Waals surface area contributed by atoms with Gasteiger partial charge in [0.05, 0.1) is 12.3 Å². The SMILES string of the molecule is CC(C)CSCC(O)c1cnn(C)c1. The zero-order valence-electron chi connectivity index (χ0n) is 8.97. The highest BCUT2D eigenvalue weighted by Gasteiger charge is 2.09. The Morgan fingerprint density at radius 2 is 2.21 bits per heavy atom. The van der Waals surface area contributed by atoms with E-state index in [4.69, 9.17) is 0 Å². The molecule has 14 heavy (non-hydrogen) atoms. The van der Waals surface area contributed by atoms with E-state index in [2.05, 4.69) is 18.9 Å². The van der Waals surface area contributed by atoms with Gasteiger partial charge < -0.3 is 5.11 Å². The van der Waals surface area contributed by atoms with E-state index in [0.717, 1.165) is 17.1 Å². The second-order valence-electron chi connectivity index (χ2n) is 3.89. The number of rotatable bonds is 5. The first kappa shape index (κ1) is 11.6. The second kappa shape index (κ2) is 5.41. The minimum Gasteiger partial charge on any atom is -0.387 e. The highest BCUT2D eigenvalue weighted by Crippen LogP contribution is 2.18. The molecule has 0 radical (unpaired) electrons. The monoisotopic (exact) mass is 214 g/mol. The average molecular weight is 214 g/mol. The van der Waals surface area contributed by atoms with Crippen molar-refractivity contribution in [3.63, 3.8) is 0 Å². The van der Waals surface area contributed by atoms with Crippen LogP contribution in [0.3, 0.4) is 0 Å². The number of hydrogen-bond acceptors (Lipinski definition) is 3. The van der Waals surface area contributed by atoms with Gasteiger partial charge in [0.15, 0.2) is 0 Å². The van der Waals surface area contributed by atoms with Crippen LogP contribution in [0, 0.1) is 5.92 Å². The summed E-state index contributed by atoms with van der Waals surface area (Å²) in [4.78, 5) is 0. The van der Waals surface area contributed by atoms with E-state index in [1.54, 1.807) is 22.6 Å². The van der Waals surface area contributed by atoms with Crippen molar-refractivity contribution in [2.75, 3.05) is 11.5 Å². The molecule has 0 fully saturated rings.